The summed E-state index contributed by atoms with van der Waals surface area (Å²) in [4.78, 5) is 3.89. The van der Waals surface area contributed by atoms with Gasteiger partial charge >= 0.3 is 0 Å². The SMILES string of the molecule is C=C1N=C(N)SC1C(F)O[C@@H]1CCNC1. The first-order valence-corrected chi connectivity index (χ1v) is 5.74. The van der Waals surface area contributed by atoms with Crippen LogP contribution in [0.25, 0.3) is 0 Å². The van der Waals surface area contributed by atoms with Crippen molar-refractivity contribution in [3.05, 3.63) is 12.3 Å². The number of nitrogens with one attached hydrogen (secondary N) is 1. The molecule has 0 aromatic rings. The van der Waals surface area contributed by atoms with Crippen molar-refractivity contribution in [1.82, 2.24) is 5.32 Å². The number of rotatable bonds is 3. The van der Waals surface area contributed by atoms with E-state index in [1.807, 2.05) is 0 Å². The van der Waals surface area contributed by atoms with Crippen molar-refractivity contribution in [3.8, 4) is 0 Å². The number of ether oxygens (including phenoxy) is 1. The van der Waals surface area contributed by atoms with Crippen LogP contribution in [0.3, 0.4) is 0 Å². The third kappa shape index (κ3) is 2.50. The molecule has 0 saturated carbocycles. The van der Waals surface area contributed by atoms with E-state index in [1.165, 1.54) is 11.8 Å². The van der Waals surface area contributed by atoms with Crippen molar-refractivity contribution in [2.45, 2.75) is 24.1 Å². The van der Waals surface area contributed by atoms with Gasteiger partial charge in [0, 0.05) is 6.54 Å². The highest BCUT2D eigenvalue weighted by Crippen LogP contribution is 2.32. The number of nitrogens with two attached hydrogens (primary N) is 1. The molecule has 15 heavy (non-hydrogen) atoms. The average molecular weight is 231 g/mol. The van der Waals surface area contributed by atoms with Gasteiger partial charge in [-0.25, -0.2) is 9.38 Å². The first-order valence-electron chi connectivity index (χ1n) is 4.86. The highest BCUT2D eigenvalue weighted by molar-refractivity contribution is 8.14. The molecule has 0 bridgehead atoms. The van der Waals surface area contributed by atoms with Crippen LogP contribution >= 0.6 is 11.8 Å². The predicted octanol–water partition coefficient (Wildman–Crippen LogP) is 0.604. The smallest absolute Gasteiger partial charge is 0.217 e. The van der Waals surface area contributed by atoms with Crippen LogP contribution in [-0.2, 0) is 4.74 Å². The molecule has 3 atom stereocenters. The maximum Gasteiger partial charge on any atom is 0.217 e. The van der Waals surface area contributed by atoms with Crippen molar-refractivity contribution in [3.63, 3.8) is 0 Å². The zero-order valence-corrected chi connectivity index (χ0v) is 9.10. The maximum atomic E-state index is 13.7. The summed E-state index contributed by atoms with van der Waals surface area (Å²) in [6.07, 6.45) is -0.576. The molecule has 2 aliphatic heterocycles. The molecule has 0 spiro atoms. The maximum absolute atomic E-state index is 13.7. The normalized spacial score (nSPS) is 33.1. The Hall–Kier alpha value is -0.590. The predicted molar refractivity (Wildman–Crippen MR) is 59.4 cm³/mol. The molecule has 4 nitrogen and oxygen atoms in total. The highest BCUT2D eigenvalue weighted by atomic mass is 32.2. The molecule has 0 aromatic heterocycles. The van der Waals surface area contributed by atoms with Crippen LogP contribution in [0.1, 0.15) is 6.42 Å². The molecule has 3 N–H and O–H groups in total. The summed E-state index contributed by atoms with van der Waals surface area (Å²) in [6.45, 7) is 5.25. The van der Waals surface area contributed by atoms with Gasteiger partial charge < -0.3 is 15.8 Å². The summed E-state index contributed by atoms with van der Waals surface area (Å²) in [5.41, 5.74) is 5.93. The molecular weight excluding hydrogens is 217 g/mol. The fourth-order valence-corrected chi connectivity index (χ4v) is 2.42. The van der Waals surface area contributed by atoms with Crippen molar-refractivity contribution in [2.24, 2.45) is 10.7 Å². The van der Waals surface area contributed by atoms with Gasteiger partial charge in [-0.2, -0.15) is 0 Å². The number of alkyl halides is 1. The second-order valence-electron chi connectivity index (χ2n) is 3.58. The number of hydrogen-bond acceptors (Lipinski definition) is 5. The molecule has 2 aliphatic rings. The standard InChI is InChI=1S/C9H14FN3OS/c1-5-7(15-9(11)13-5)8(10)14-6-2-3-12-4-6/h6-8,12H,1-4H2,(H2,11,13)/t6-,7?,8?/m1/s1. The van der Waals surface area contributed by atoms with Gasteiger partial charge in [-0.1, -0.05) is 18.3 Å². The molecule has 0 amide bonds. The van der Waals surface area contributed by atoms with E-state index in [1.54, 1.807) is 0 Å². The van der Waals surface area contributed by atoms with E-state index in [9.17, 15) is 4.39 Å². The van der Waals surface area contributed by atoms with Gasteiger partial charge in [-0.05, 0) is 13.0 Å². The van der Waals surface area contributed by atoms with E-state index in [4.69, 9.17) is 10.5 Å². The summed E-state index contributed by atoms with van der Waals surface area (Å²) in [5.74, 6) is 0. The first-order chi connectivity index (χ1) is 7.16. The summed E-state index contributed by atoms with van der Waals surface area (Å²) >= 11 is 1.17. The Bertz CT molecular complexity index is 291. The van der Waals surface area contributed by atoms with Crippen LogP contribution in [-0.4, -0.2) is 36.0 Å². The minimum atomic E-state index is -1.38. The lowest BCUT2D eigenvalue weighted by Crippen LogP contribution is -2.29. The Balaban J connectivity index is 1.86. The molecule has 0 aromatic carbocycles. The van der Waals surface area contributed by atoms with Crippen LogP contribution in [0.5, 0.6) is 0 Å². The van der Waals surface area contributed by atoms with Crippen molar-refractivity contribution >= 4 is 16.9 Å². The summed E-state index contributed by atoms with van der Waals surface area (Å²) in [6, 6.07) is 0. The van der Waals surface area contributed by atoms with Crippen LogP contribution in [0.4, 0.5) is 4.39 Å². The van der Waals surface area contributed by atoms with Gasteiger partial charge in [0.25, 0.3) is 0 Å². The van der Waals surface area contributed by atoms with Crippen LogP contribution in [0, 0.1) is 0 Å². The minimum Gasteiger partial charge on any atom is -0.378 e. The molecule has 1 saturated heterocycles. The lowest BCUT2D eigenvalue weighted by atomic mass is 10.3. The number of halogens is 1. The van der Waals surface area contributed by atoms with Gasteiger partial charge in [0.15, 0.2) is 5.17 Å². The van der Waals surface area contributed by atoms with E-state index in [2.05, 4.69) is 16.9 Å². The third-order valence-corrected chi connectivity index (χ3v) is 3.48. The Morgan fingerprint density at radius 1 is 1.73 bits per heavy atom. The number of amidine groups is 1. The minimum absolute atomic E-state index is 0.0461. The largest absolute Gasteiger partial charge is 0.378 e. The molecule has 0 aliphatic carbocycles. The van der Waals surface area contributed by atoms with Gasteiger partial charge in [-0.3, -0.25) is 0 Å². The van der Waals surface area contributed by atoms with Crippen LogP contribution in [0.2, 0.25) is 0 Å². The van der Waals surface area contributed by atoms with Crippen molar-refractivity contribution in [2.75, 3.05) is 13.1 Å². The fourth-order valence-electron chi connectivity index (χ4n) is 1.63. The zero-order valence-electron chi connectivity index (χ0n) is 8.28. The molecular formula is C9H14FN3OS. The van der Waals surface area contributed by atoms with Crippen molar-refractivity contribution in [1.29, 1.82) is 0 Å². The molecule has 6 heteroatoms. The second-order valence-corrected chi connectivity index (χ2v) is 4.74. The molecule has 0 radical (unpaired) electrons. The number of thioether (sulfide) groups is 1. The summed E-state index contributed by atoms with van der Waals surface area (Å²) in [5, 5.41) is 2.99. The van der Waals surface area contributed by atoms with E-state index in [0.717, 1.165) is 13.0 Å². The number of hydrogen-bond donors (Lipinski definition) is 2. The van der Waals surface area contributed by atoms with Gasteiger partial charge in [0.05, 0.1) is 11.8 Å². The van der Waals surface area contributed by atoms with Gasteiger partial charge in [0.1, 0.15) is 5.25 Å². The van der Waals surface area contributed by atoms with Gasteiger partial charge in [-0.15, -0.1) is 0 Å². The quantitative estimate of drug-likeness (QED) is 0.747. The van der Waals surface area contributed by atoms with Crippen LogP contribution < -0.4 is 11.1 Å². The number of aliphatic imine (C=N–C) groups is 1. The second kappa shape index (κ2) is 4.51. The molecule has 1 fully saturated rings. The van der Waals surface area contributed by atoms with E-state index in [-0.39, 0.29) is 6.10 Å². The molecule has 2 heterocycles. The number of nitrogens with zero attached hydrogens (tertiary/aromatic N) is 1. The zero-order chi connectivity index (χ0) is 10.8. The van der Waals surface area contributed by atoms with E-state index in [0.29, 0.717) is 17.4 Å². The van der Waals surface area contributed by atoms with Gasteiger partial charge in [0.2, 0.25) is 6.36 Å². The lowest BCUT2D eigenvalue weighted by Gasteiger charge is -2.19. The Morgan fingerprint density at radius 3 is 3.07 bits per heavy atom. The molecule has 2 rings (SSSR count). The van der Waals surface area contributed by atoms with Crippen LogP contribution in [0.15, 0.2) is 17.3 Å². The Kier molecular flexibility index (Phi) is 3.28. The third-order valence-electron chi connectivity index (χ3n) is 2.41. The van der Waals surface area contributed by atoms with E-state index < -0.39 is 11.6 Å². The highest BCUT2D eigenvalue weighted by Gasteiger charge is 2.33. The lowest BCUT2D eigenvalue weighted by molar-refractivity contribution is -0.0726. The van der Waals surface area contributed by atoms with E-state index >= 15 is 0 Å². The molecule has 84 valence electrons. The first kappa shape index (κ1) is 10.9. The molecule has 2 unspecified atom stereocenters. The Morgan fingerprint density at radius 2 is 2.53 bits per heavy atom. The average Bonchev–Trinajstić information content (AvgIpc) is 2.75. The topological polar surface area (TPSA) is 59.6 Å². The fraction of sp³-hybridized carbons (Fsp3) is 0.667. The van der Waals surface area contributed by atoms with Crippen molar-refractivity contribution < 1.29 is 9.13 Å². The monoisotopic (exact) mass is 231 g/mol. The Labute approximate surface area is 92.1 Å². The summed E-state index contributed by atoms with van der Waals surface area (Å²) in [7, 11) is 0. The summed E-state index contributed by atoms with van der Waals surface area (Å²) < 4.78 is 19.0.